The molecule has 0 fully saturated rings. The lowest BCUT2D eigenvalue weighted by Gasteiger charge is -2.16. The van der Waals surface area contributed by atoms with E-state index in [0.717, 1.165) is 30.8 Å². The molecule has 0 atom stereocenters. The second kappa shape index (κ2) is 3.93. The van der Waals surface area contributed by atoms with Crippen LogP contribution in [0.5, 0.6) is 0 Å². The molecule has 0 saturated carbocycles. The minimum absolute atomic E-state index is 0.223. The van der Waals surface area contributed by atoms with Gasteiger partial charge in [-0.2, -0.15) is 0 Å². The molecule has 0 radical (unpaired) electrons. The number of nitrogens with two attached hydrogens (primary N) is 1. The normalized spacial score (nSPS) is 14.1. The summed E-state index contributed by atoms with van der Waals surface area (Å²) in [6.07, 6.45) is 2.46. The van der Waals surface area contributed by atoms with Gasteiger partial charge in [0, 0.05) is 24.3 Å². The molecule has 2 rings (SSSR count). The molecule has 0 aromatic heterocycles. The summed E-state index contributed by atoms with van der Waals surface area (Å²) in [5.41, 5.74) is 8.72. The minimum Gasteiger partial charge on any atom is -0.399 e. The highest BCUT2D eigenvalue weighted by Crippen LogP contribution is 2.30. The Kier molecular flexibility index (Phi) is 2.62. The summed E-state index contributed by atoms with van der Waals surface area (Å²) in [5.74, 6) is 0.223. The van der Waals surface area contributed by atoms with Gasteiger partial charge < -0.3 is 10.6 Å². The van der Waals surface area contributed by atoms with Crippen LogP contribution in [0.1, 0.15) is 25.3 Å². The molecule has 3 heteroatoms. The van der Waals surface area contributed by atoms with Crippen molar-refractivity contribution in [2.75, 3.05) is 17.2 Å². The highest BCUT2D eigenvalue weighted by atomic mass is 16.2. The van der Waals surface area contributed by atoms with E-state index in [1.165, 1.54) is 5.56 Å². The largest absolute Gasteiger partial charge is 0.399 e. The van der Waals surface area contributed by atoms with E-state index < -0.39 is 0 Å². The summed E-state index contributed by atoms with van der Waals surface area (Å²) in [6, 6.07) is 5.77. The predicted molar refractivity (Wildman–Crippen MR) is 61.8 cm³/mol. The molecular weight excluding hydrogens is 188 g/mol. The minimum atomic E-state index is 0.223. The smallest absolute Gasteiger partial charge is 0.226 e. The number of benzene rings is 1. The van der Waals surface area contributed by atoms with Crippen LogP contribution in [0.2, 0.25) is 0 Å². The van der Waals surface area contributed by atoms with Gasteiger partial charge in [0.25, 0.3) is 0 Å². The average molecular weight is 204 g/mol. The third-order valence-corrected chi connectivity index (χ3v) is 2.76. The molecule has 0 unspecified atom stereocenters. The van der Waals surface area contributed by atoms with E-state index in [9.17, 15) is 4.79 Å². The number of hydrogen-bond acceptors (Lipinski definition) is 2. The van der Waals surface area contributed by atoms with Crippen LogP contribution in [-0.2, 0) is 11.2 Å². The Bertz CT molecular complexity index is 387. The Labute approximate surface area is 89.9 Å². The number of nitrogens with zero attached hydrogens (tertiary/aromatic N) is 1. The molecule has 15 heavy (non-hydrogen) atoms. The maximum Gasteiger partial charge on any atom is 0.226 e. The van der Waals surface area contributed by atoms with E-state index in [4.69, 9.17) is 5.73 Å². The van der Waals surface area contributed by atoms with E-state index in [1.807, 2.05) is 30.0 Å². The van der Waals surface area contributed by atoms with Crippen LogP contribution < -0.4 is 10.6 Å². The Morgan fingerprint density at radius 1 is 1.53 bits per heavy atom. The van der Waals surface area contributed by atoms with Crippen molar-refractivity contribution in [1.82, 2.24) is 0 Å². The Morgan fingerprint density at radius 2 is 2.33 bits per heavy atom. The number of carbonyl (C=O) groups is 1. The zero-order valence-corrected chi connectivity index (χ0v) is 8.99. The third-order valence-electron chi connectivity index (χ3n) is 2.76. The van der Waals surface area contributed by atoms with Crippen LogP contribution in [0.4, 0.5) is 11.4 Å². The summed E-state index contributed by atoms with van der Waals surface area (Å²) >= 11 is 0. The van der Waals surface area contributed by atoms with Crippen molar-refractivity contribution in [1.29, 1.82) is 0 Å². The van der Waals surface area contributed by atoms with Crippen LogP contribution in [0, 0.1) is 0 Å². The van der Waals surface area contributed by atoms with Gasteiger partial charge in [0.05, 0.1) is 0 Å². The molecule has 1 aliphatic heterocycles. The number of anilines is 2. The van der Waals surface area contributed by atoms with Gasteiger partial charge in [0.1, 0.15) is 0 Å². The molecule has 0 bridgehead atoms. The second-order valence-electron chi connectivity index (χ2n) is 3.93. The molecule has 0 saturated heterocycles. The third kappa shape index (κ3) is 1.82. The monoisotopic (exact) mass is 204 g/mol. The van der Waals surface area contributed by atoms with E-state index in [-0.39, 0.29) is 5.91 Å². The van der Waals surface area contributed by atoms with Crippen molar-refractivity contribution in [2.24, 2.45) is 0 Å². The zero-order chi connectivity index (χ0) is 10.8. The fraction of sp³-hybridized carbons (Fsp3) is 0.417. The molecule has 0 aliphatic carbocycles. The first-order chi connectivity index (χ1) is 7.22. The van der Waals surface area contributed by atoms with Crippen molar-refractivity contribution in [3.05, 3.63) is 23.8 Å². The van der Waals surface area contributed by atoms with Gasteiger partial charge in [0.15, 0.2) is 0 Å². The van der Waals surface area contributed by atoms with E-state index in [2.05, 4.69) is 0 Å². The van der Waals surface area contributed by atoms with E-state index in [1.54, 1.807) is 0 Å². The topological polar surface area (TPSA) is 46.3 Å². The first kappa shape index (κ1) is 10.0. The fourth-order valence-corrected chi connectivity index (χ4v) is 2.03. The quantitative estimate of drug-likeness (QED) is 0.748. The Balaban J connectivity index is 2.25. The summed E-state index contributed by atoms with van der Waals surface area (Å²) < 4.78 is 0. The number of fused-ring (bicyclic) bond motifs is 1. The molecule has 80 valence electrons. The summed E-state index contributed by atoms with van der Waals surface area (Å²) in [6.45, 7) is 2.83. The number of rotatable bonds is 2. The first-order valence-corrected chi connectivity index (χ1v) is 5.41. The molecule has 1 aliphatic rings. The summed E-state index contributed by atoms with van der Waals surface area (Å²) in [5, 5.41) is 0. The van der Waals surface area contributed by atoms with Crippen molar-refractivity contribution in [3.63, 3.8) is 0 Å². The zero-order valence-electron chi connectivity index (χ0n) is 8.99. The van der Waals surface area contributed by atoms with Gasteiger partial charge in [-0.25, -0.2) is 0 Å². The highest BCUT2D eigenvalue weighted by Gasteiger charge is 2.23. The number of nitrogen functional groups attached to an aromatic ring is 1. The maximum absolute atomic E-state index is 11.8. The fourth-order valence-electron chi connectivity index (χ4n) is 2.03. The van der Waals surface area contributed by atoms with Crippen molar-refractivity contribution < 1.29 is 4.79 Å². The molecular formula is C12H16N2O. The van der Waals surface area contributed by atoms with Gasteiger partial charge >= 0.3 is 0 Å². The Morgan fingerprint density at radius 3 is 3.07 bits per heavy atom. The summed E-state index contributed by atoms with van der Waals surface area (Å²) in [7, 11) is 0. The molecule has 3 nitrogen and oxygen atoms in total. The molecule has 2 N–H and O–H groups in total. The maximum atomic E-state index is 11.8. The van der Waals surface area contributed by atoms with Gasteiger partial charge in [-0.15, -0.1) is 0 Å². The van der Waals surface area contributed by atoms with Gasteiger partial charge in [0.2, 0.25) is 5.91 Å². The SMILES string of the molecule is CCCC(=O)N1CCc2cc(N)ccc21. The number of carbonyl (C=O) groups excluding carboxylic acids is 1. The number of amides is 1. The molecule has 0 spiro atoms. The van der Waals surface area contributed by atoms with E-state index in [0.29, 0.717) is 6.42 Å². The van der Waals surface area contributed by atoms with Crippen LogP contribution in [0.15, 0.2) is 18.2 Å². The Hall–Kier alpha value is -1.51. The van der Waals surface area contributed by atoms with E-state index >= 15 is 0 Å². The molecule has 1 heterocycles. The first-order valence-electron chi connectivity index (χ1n) is 5.41. The summed E-state index contributed by atoms with van der Waals surface area (Å²) in [4.78, 5) is 13.7. The standard InChI is InChI=1S/C12H16N2O/c1-2-3-12(15)14-7-6-9-8-10(13)4-5-11(9)14/h4-5,8H,2-3,6-7,13H2,1H3. The van der Waals surface area contributed by atoms with Crippen LogP contribution in [0.3, 0.4) is 0 Å². The van der Waals surface area contributed by atoms with Crippen LogP contribution in [-0.4, -0.2) is 12.5 Å². The van der Waals surface area contributed by atoms with Gasteiger partial charge in [-0.1, -0.05) is 6.92 Å². The van der Waals surface area contributed by atoms with Crippen molar-refractivity contribution >= 4 is 17.3 Å². The lowest BCUT2D eigenvalue weighted by atomic mass is 10.1. The lowest BCUT2D eigenvalue weighted by molar-refractivity contribution is -0.118. The number of hydrogen-bond donors (Lipinski definition) is 1. The highest BCUT2D eigenvalue weighted by molar-refractivity contribution is 5.95. The molecule has 1 aromatic carbocycles. The average Bonchev–Trinajstić information content (AvgIpc) is 2.60. The second-order valence-corrected chi connectivity index (χ2v) is 3.93. The predicted octanol–water partition coefficient (Wildman–Crippen LogP) is 1.96. The van der Waals surface area contributed by atoms with Gasteiger partial charge in [-0.05, 0) is 36.6 Å². The van der Waals surface area contributed by atoms with Crippen LogP contribution in [0.25, 0.3) is 0 Å². The van der Waals surface area contributed by atoms with Gasteiger partial charge in [-0.3, -0.25) is 4.79 Å². The molecule has 1 amide bonds. The van der Waals surface area contributed by atoms with Crippen LogP contribution >= 0.6 is 0 Å². The van der Waals surface area contributed by atoms with Crippen molar-refractivity contribution in [3.8, 4) is 0 Å². The molecule has 1 aromatic rings. The lowest BCUT2D eigenvalue weighted by Crippen LogP contribution is -2.28. The van der Waals surface area contributed by atoms with Crippen molar-refractivity contribution in [2.45, 2.75) is 26.2 Å².